The number of nitrogens with zero attached hydrogens (tertiary/aromatic N) is 1. The minimum absolute atomic E-state index is 0.0298. The summed E-state index contributed by atoms with van der Waals surface area (Å²) in [6, 6.07) is 3.63. The lowest BCUT2D eigenvalue weighted by atomic mass is 10.2. The van der Waals surface area contributed by atoms with E-state index in [4.69, 9.17) is 5.73 Å². The fourth-order valence-corrected chi connectivity index (χ4v) is 3.75. The molecule has 4 nitrogen and oxygen atoms in total. The Labute approximate surface area is 115 Å². The fraction of sp³-hybridized carbons (Fsp3) is 0.500. The first kappa shape index (κ1) is 15.1. The average molecular weight is 308 g/mol. The Hall–Kier alpha value is -1.28. The Morgan fingerprint density at radius 2 is 1.95 bits per heavy atom. The second-order valence-corrected chi connectivity index (χ2v) is 6.80. The van der Waals surface area contributed by atoms with Gasteiger partial charge in [0, 0.05) is 6.04 Å². The standard InChI is InChI=1S/C12H15F3N2O2S/c1-8-2-5-11(10(16)6-8)20(18,19)17(9-3-4-9)7-12(13,14)15/h2,5-6,9H,3-4,7,16H2,1H3. The summed E-state index contributed by atoms with van der Waals surface area (Å²) in [4.78, 5) is -0.265. The number of halogens is 3. The Morgan fingerprint density at radius 1 is 1.35 bits per heavy atom. The molecule has 0 aromatic heterocycles. The molecule has 1 aliphatic rings. The van der Waals surface area contributed by atoms with Gasteiger partial charge >= 0.3 is 6.18 Å². The van der Waals surface area contributed by atoms with E-state index >= 15 is 0 Å². The van der Waals surface area contributed by atoms with Crippen LogP contribution in [0.3, 0.4) is 0 Å². The normalized spacial score (nSPS) is 16.6. The van der Waals surface area contributed by atoms with E-state index in [2.05, 4.69) is 0 Å². The van der Waals surface area contributed by atoms with E-state index < -0.39 is 28.8 Å². The molecule has 0 aliphatic heterocycles. The predicted octanol–water partition coefficient (Wildman–Crippen LogP) is 2.29. The third-order valence-electron chi connectivity index (χ3n) is 3.04. The van der Waals surface area contributed by atoms with E-state index in [-0.39, 0.29) is 10.6 Å². The van der Waals surface area contributed by atoms with Crippen LogP contribution in [0.25, 0.3) is 0 Å². The Morgan fingerprint density at radius 3 is 2.40 bits per heavy atom. The van der Waals surface area contributed by atoms with Gasteiger partial charge in [-0.05, 0) is 37.5 Å². The van der Waals surface area contributed by atoms with Crippen molar-refractivity contribution < 1.29 is 21.6 Å². The minimum atomic E-state index is -4.57. The molecule has 0 bridgehead atoms. The monoisotopic (exact) mass is 308 g/mol. The lowest BCUT2D eigenvalue weighted by Gasteiger charge is -2.23. The van der Waals surface area contributed by atoms with E-state index in [1.54, 1.807) is 6.92 Å². The largest absolute Gasteiger partial charge is 0.402 e. The number of hydrogen-bond acceptors (Lipinski definition) is 3. The number of sulfonamides is 1. The molecule has 20 heavy (non-hydrogen) atoms. The van der Waals surface area contributed by atoms with Crippen molar-refractivity contribution in [2.24, 2.45) is 0 Å². The Kier molecular flexibility index (Phi) is 3.72. The van der Waals surface area contributed by atoms with Crippen LogP contribution in [0.5, 0.6) is 0 Å². The van der Waals surface area contributed by atoms with Gasteiger partial charge in [-0.1, -0.05) is 6.07 Å². The second kappa shape index (κ2) is 4.92. The zero-order valence-corrected chi connectivity index (χ0v) is 11.6. The molecule has 8 heteroatoms. The van der Waals surface area contributed by atoms with Gasteiger partial charge < -0.3 is 5.73 Å². The number of rotatable bonds is 4. The van der Waals surface area contributed by atoms with Gasteiger partial charge in [-0.25, -0.2) is 8.42 Å². The second-order valence-electron chi connectivity index (χ2n) is 4.94. The van der Waals surface area contributed by atoms with Crippen molar-refractivity contribution in [1.82, 2.24) is 4.31 Å². The van der Waals surface area contributed by atoms with E-state index in [1.807, 2.05) is 0 Å². The number of hydrogen-bond donors (Lipinski definition) is 1. The maximum Gasteiger partial charge on any atom is 0.402 e. The van der Waals surface area contributed by atoms with Gasteiger partial charge in [-0.2, -0.15) is 17.5 Å². The summed E-state index contributed by atoms with van der Waals surface area (Å²) < 4.78 is 62.9. The fourth-order valence-electron chi connectivity index (χ4n) is 1.98. The van der Waals surface area contributed by atoms with Crippen LogP contribution in [-0.4, -0.2) is 31.5 Å². The average Bonchev–Trinajstić information content (AvgIpc) is 3.07. The van der Waals surface area contributed by atoms with Crippen LogP contribution >= 0.6 is 0 Å². The van der Waals surface area contributed by atoms with E-state index in [9.17, 15) is 21.6 Å². The molecule has 0 amide bonds. The number of nitrogen functional groups attached to an aromatic ring is 1. The molecule has 0 radical (unpaired) electrons. The minimum Gasteiger partial charge on any atom is -0.398 e. The summed E-state index contributed by atoms with van der Waals surface area (Å²) in [6.07, 6.45) is -3.68. The van der Waals surface area contributed by atoms with Crippen molar-refractivity contribution in [2.45, 2.75) is 36.9 Å². The number of alkyl halides is 3. The zero-order chi connectivity index (χ0) is 15.1. The van der Waals surface area contributed by atoms with Crippen molar-refractivity contribution in [2.75, 3.05) is 12.3 Å². The van der Waals surface area contributed by atoms with Crippen LogP contribution < -0.4 is 5.73 Å². The Bertz CT molecular complexity index is 610. The van der Waals surface area contributed by atoms with Crippen LogP contribution in [-0.2, 0) is 10.0 Å². The third-order valence-corrected chi connectivity index (χ3v) is 5.01. The van der Waals surface area contributed by atoms with Crippen molar-refractivity contribution in [3.8, 4) is 0 Å². The van der Waals surface area contributed by atoms with Crippen molar-refractivity contribution in [1.29, 1.82) is 0 Å². The van der Waals surface area contributed by atoms with Gasteiger partial charge in [0.15, 0.2) is 0 Å². The molecule has 0 atom stereocenters. The smallest absolute Gasteiger partial charge is 0.398 e. The lowest BCUT2D eigenvalue weighted by molar-refractivity contribution is -0.137. The van der Waals surface area contributed by atoms with Crippen LogP contribution in [0, 0.1) is 6.92 Å². The molecule has 0 unspecified atom stereocenters. The van der Waals surface area contributed by atoms with E-state index in [0.717, 1.165) is 5.56 Å². The quantitative estimate of drug-likeness (QED) is 0.868. The van der Waals surface area contributed by atoms with Crippen molar-refractivity contribution in [3.05, 3.63) is 23.8 Å². The highest BCUT2D eigenvalue weighted by molar-refractivity contribution is 7.89. The molecule has 2 rings (SSSR count). The van der Waals surface area contributed by atoms with Gasteiger partial charge in [0.2, 0.25) is 10.0 Å². The molecule has 1 fully saturated rings. The number of benzene rings is 1. The van der Waals surface area contributed by atoms with Gasteiger partial charge in [-0.15, -0.1) is 0 Å². The first-order valence-electron chi connectivity index (χ1n) is 6.06. The summed E-state index contributed by atoms with van der Waals surface area (Å²) in [5, 5.41) is 0. The highest BCUT2D eigenvalue weighted by atomic mass is 32.2. The number of anilines is 1. The van der Waals surface area contributed by atoms with Gasteiger partial charge in [0.1, 0.15) is 11.4 Å². The molecule has 2 N–H and O–H groups in total. The SMILES string of the molecule is Cc1ccc(S(=O)(=O)N(CC(F)(F)F)C2CC2)c(N)c1. The topological polar surface area (TPSA) is 63.4 Å². The third kappa shape index (κ3) is 3.24. The van der Waals surface area contributed by atoms with Gasteiger partial charge in [-0.3, -0.25) is 0 Å². The molecule has 0 saturated heterocycles. The molecule has 1 aromatic rings. The Balaban J connectivity index is 2.40. The molecule has 1 aromatic carbocycles. The summed E-state index contributed by atoms with van der Waals surface area (Å²) in [5.74, 6) is 0. The number of nitrogens with two attached hydrogens (primary N) is 1. The molecule has 0 heterocycles. The summed E-state index contributed by atoms with van der Waals surface area (Å²) in [6.45, 7) is 0.244. The van der Waals surface area contributed by atoms with Crippen LogP contribution in [0.15, 0.2) is 23.1 Å². The lowest BCUT2D eigenvalue weighted by Crippen LogP contribution is -2.40. The molecule has 0 spiro atoms. The highest BCUT2D eigenvalue weighted by Crippen LogP contribution is 2.36. The summed E-state index contributed by atoms with van der Waals surface area (Å²) >= 11 is 0. The maximum atomic E-state index is 12.6. The van der Waals surface area contributed by atoms with Crippen LogP contribution in [0.1, 0.15) is 18.4 Å². The van der Waals surface area contributed by atoms with Crippen molar-refractivity contribution in [3.63, 3.8) is 0 Å². The van der Waals surface area contributed by atoms with Crippen molar-refractivity contribution >= 4 is 15.7 Å². The summed E-state index contributed by atoms with van der Waals surface area (Å²) in [7, 11) is -4.23. The summed E-state index contributed by atoms with van der Waals surface area (Å²) in [5.41, 5.74) is 6.36. The van der Waals surface area contributed by atoms with Gasteiger partial charge in [0.05, 0.1) is 5.69 Å². The molecule has 1 aliphatic carbocycles. The van der Waals surface area contributed by atoms with Crippen LogP contribution in [0.4, 0.5) is 18.9 Å². The molecule has 1 saturated carbocycles. The van der Waals surface area contributed by atoms with Crippen LogP contribution in [0.2, 0.25) is 0 Å². The highest BCUT2D eigenvalue weighted by Gasteiger charge is 2.45. The number of aryl methyl sites for hydroxylation is 1. The van der Waals surface area contributed by atoms with Gasteiger partial charge in [0.25, 0.3) is 0 Å². The van der Waals surface area contributed by atoms with E-state index in [0.29, 0.717) is 17.1 Å². The predicted molar refractivity (Wildman–Crippen MR) is 68.6 cm³/mol. The molecular formula is C12H15F3N2O2S. The first-order valence-corrected chi connectivity index (χ1v) is 7.50. The maximum absolute atomic E-state index is 12.6. The molecule has 112 valence electrons. The van der Waals surface area contributed by atoms with E-state index in [1.165, 1.54) is 18.2 Å². The first-order chi connectivity index (χ1) is 9.11. The zero-order valence-electron chi connectivity index (χ0n) is 10.8. The molecular weight excluding hydrogens is 293 g/mol.